The normalized spacial score (nSPS) is 23.4. The molecule has 1 aromatic carbocycles. The summed E-state index contributed by atoms with van der Waals surface area (Å²) in [5.74, 6) is -2.75. The van der Waals surface area contributed by atoms with E-state index in [0.717, 1.165) is 38.5 Å². The summed E-state index contributed by atoms with van der Waals surface area (Å²) >= 11 is 5.85. The topological polar surface area (TPSA) is 195 Å². The van der Waals surface area contributed by atoms with Gasteiger partial charge in [0.25, 0.3) is 5.79 Å². The first-order chi connectivity index (χ1) is 20.0. The summed E-state index contributed by atoms with van der Waals surface area (Å²) in [6.07, 6.45) is 3.54. The Kier molecular flexibility index (Phi) is 15.2. The smallest absolute Gasteiger partial charge is 0.364 e. The van der Waals surface area contributed by atoms with Crippen LogP contribution in [0.5, 0.6) is 0 Å². The van der Waals surface area contributed by atoms with Crippen molar-refractivity contribution >= 4 is 29.4 Å². The number of benzene rings is 1. The average molecular weight is 613 g/mol. The van der Waals surface area contributed by atoms with E-state index in [1.54, 1.807) is 24.3 Å². The van der Waals surface area contributed by atoms with Gasteiger partial charge in [0.05, 0.1) is 31.3 Å². The van der Waals surface area contributed by atoms with Gasteiger partial charge in [-0.3, -0.25) is 9.59 Å². The fourth-order valence-electron chi connectivity index (χ4n) is 4.63. The van der Waals surface area contributed by atoms with E-state index < -0.39 is 73.6 Å². The van der Waals surface area contributed by atoms with E-state index in [2.05, 4.69) is 16.6 Å². The molecule has 0 saturated carbocycles. The monoisotopic (exact) mass is 612 g/mol. The molecule has 7 N–H and O–H groups in total. The maximum Gasteiger partial charge on any atom is 0.364 e. The Morgan fingerprint density at radius 2 is 1.74 bits per heavy atom. The summed E-state index contributed by atoms with van der Waals surface area (Å²) < 4.78 is 11.3. The first-order valence-corrected chi connectivity index (χ1v) is 14.3. The molecule has 1 aromatic rings. The standard InChI is InChI=1S/C29H41ClN2O10/c1-2-3-4-5-6-7-8-9-14-41-29(28(39)40)16-21(34)25(32-24(37)18-33)27(42-29)26(38)22(35)17-31-23(36)15-19-10-12-20(30)13-11-19/h1,10-13,21-22,25-27,33-35,38H,3-9,14-18H2,(H,31,36)(H,32,37)(H,39,40)/t21-,22+,25+,26+,27+,29+/m0/s1. The highest BCUT2D eigenvalue weighted by Crippen LogP contribution is 2.34. The third-order valence-corrected chi connectivity index (χ3v) is 7.19. The number of ether oxygens (including phenoxy) is 2. The lowest BCUT2D eigenvalue weighted by molar-refractivity contribution is -0.310. The maximum absolute atomic E-state index is 12.4. The van der Waals surface area contributed by atoms with Crippen LogP contribution in [0.25, 0.3) is 0 Å². The molecule has 1 heterocycles. The number of aliphatic hydroxyl groups excluding tert-OH is 4. The van der Waals surface area contributed by atoms with Gasteiger partial charge in [0, 0.05) is 24.4 Å². The van der Waals surface area contributed by atoms with Crippen LogP contribution in [0.2, 0.25) is 5.02 Å². The molecule has 1 fully saturated rings. The number of carboxylic acids is 1. The van der Waals surface area contributed by atoms with E-state index in [1.165, 1.54) is 0 Å². The van der Waals surface area contributed by atoms with E-state index in [1.807, 2.05) is 0 Å². The molecule has 1 saturated heterocycles. The van der Waals surface area contributed by atoms with Crippen LogP contribution in [0.15, 0.2) is 24.3 Å². The quantitative estimate of drug-likeness (QED) is 0.0906. The minimum atomic E-state index is -2.38. The van der Waals surface area contributed by atoms with Crippen molar-refractivity contribution in [1.82, 2.24) is 10.6 Å². The number of aliphatic carboxylic acids is 1. The predicted octanol–water partition coefficient (Wildman–Crippen LogP) is 0.509. The summed E-state index contributed by atoms with van der Waals surface area (Å²) in [6.45, 7) is -1.42. The van der Waals surface area contributed by atoms with Gasteiger partial charge >= 0.3 is 5.97 Å². The van der Waals surface area contributed by atoms with Crippen LogP contribution in [0, 0.1) is 12.3 Å². The van der Waals surface area contributed by atoms with Gasteiger partial charge in [-0.05, 0) is 30.5 Å². The van der Waals surface area contributed by atoms with E-state index in [9.17, 15) is 39.9 Å². The number of hydrogen-bond donors (Lipinski definition) is 7. The molecule has 12 nitrogen and oxygen atoms in total. The number of terminal acetylenes is 1. The Labute approximate surface area is 250 Å². The van der Waals surface area contributed by atoms with Gasteiger partial charge in [-0.2, -0.15) is 0 Å². The summed E-state index contributed by atoms with van der Waals surface area (Å²) in [6, 6.07) is 5.15. The highest BCUT2D eigenvalue weighted by molar-refractivity contribution is 6.30. The zero-order valence-corrected chi connectivity index (χ0v) is 24.2. The second-order valence-electron chi connectivity index (χ2n) is 10.3. The summed E-state index contributed by atoms with van der Waals surface area (Å²) in [5, 5.41) is 56.9. The number of amides is 2. The molecule has 1 aliphatic rings. The van der Waals surface area contributed by atoms with Crippen molar-refractivity contribution in [3.63, 3.8) is 0 Å². The summed E-state index contributed by atoms with van der Waals surface area (Å²) in [7, 11) is 0. The van der Waals surface area contributed by atoms with Gasteiger partial charge in [0.15, 0.2) is 0 Å². The van der Waals surface area contributed by atoms with Crippen LogP contribution < -0.4 is 10.6 Å². The molecule has 2 amide bonds. The zero-order valence-electron chi connectivity index (χ0n) is 23.4. The van der Waals surface area contributed by atoms with Crippen molar-refractivity contribution in [3.05, 3.63) is 34.9 Å². The first-order valence-electron chi connectivity index (χ1n) is 14.0. The molecule has 0 aliphatic carbocycles. The lowest BCUT2D eigenvalue weighted by Gasteiger charge is -2.46. The summed E-state index contributed by atoms with van der Waals surface area (Å²) in [5.41, 5.74) is 0.657. The second kappa shape index (κ2) is 18.0. The van der Waals surface area contributed by atoms with E-state index in [4.69, 9.17) is 27.5 Å². The van der Waals surface area contributed by atoms with Gasteiger partial charge < -0.3 is 45.6 Å². The van der Waals surface area contributed by atoms with E-state index in [-0.39, 0.29) is 13.0 Å². The number of unbranched alkanes of at least 4 members (excludes halogenated alkanes) is 6. The number of hydrogen-bond acceptors (Lipinski definition) is 9. The Balaban J connectivity index is 2.05. The number of carboxylic acid groups (broad SMARTS) is 1. The molecule has 2 rings (SSSR count). The highest BCUT2D eigenvalue weighted by Gasteiger charge is 2.55. The molecule has 0 bridgehead atoms. The fourth-order valence-corrected chi connectivity index (χ4v) is 4.75. The average Bonchev–Trinajstić information content (AvgIpc) is 2.96. The van der Waals surface area contributed by atoms with Crippen molar-refractivity contribution in [3.8, 4) is 12.3 Å². The van der Waals surface area contributed by atoms with Crippen molar-refractivity contribution in [2.24, 2.45) is 0 Å². The van der Waals surface area contributed by atoms with Crippen molar-refractivity contribution in [2.45, 2.75) is 94.0 Å². The Morgan fingerprint density at radius 1 is 1.10 bits per heavy atom. The number of carbonyl (C=O) groups is 3. The maximum atomic E-state index is 12.4. The number of halogens is 1. The minimum absolute atomic E-state index is 0.0246. The van der Waals surface area contributed by atoms with Crippen LogP contribution >= 0.6 is 11.6 Å². The lowest BCUT2D eigenvalue weighted by Crippen LogP contribution is -2.68. The van der Waals surface area contributed by atoms with Crippen molar-refractivity contribution in [1.29, 1.82) is 0 Å². The number of aliphatic hydroxyl groups is 4. The molecule has 1 aliphatic heterocycles. The molecule has 234 valence electrons. The fraction of sp³-hybridized carbons (Fsp3) is 0.621. The Bertz CT molecular complexity index is 1050. The van der Waals surface area contributed by atoms with Crippen LogP contribution in [0.1, 0.15) is 56.9 Å². The van der Waals surface area contributed by atoms with Crippen molar-refractivity contribution < 1.29 is 49.4 Å². The van der Waals surface area contributed by atoms with E-state index >= 15 is 0 Å². The van der Waals surface area contributed by atoms with Crippen LogP contribution in [0.3, 0.4) is 0 Å². The molecule has 0 aromatic heterocycles. The molecule has 0 spiro atoms. The van der Waals surface area contributed by atoms with Crippen LogP contribution in [-0.2, 0) is 30.3 Å². The lowest BCUT2D eigenvalue weighted by atomic mass is 9.88. The first kappa shape index (κ1) is 35.4. The molecule has 6 atom stereocenters. The van der Waals surface area contributed by atoms with Gasteiger partial charge in [-0.15, -0.1) is 12.3 Å². The largest absolute Gasteiger partial charge is 0.477 e. The van der Waals surface area contributed by atoms with Gasteiger partial charge in [0.1, 0.15) is 18.8 Å². The SMILES string of the molecule is C#CCCCCCCCCO[C@]1(C(=O)O)C[C@H](O)[C@@H](NC(=O)CO)[C@H]([C@H](O)[C@H](O)CNC(=O)Cc2ccc(Cl)cc2)O1. The zero-order chi connectivity index (χ0) is 31.1. The van der Waals surface area contributed by atoms with Crippen LogP contribution in [-0.4, -0.2) is 99.3 Å². The molecular formula is C29H41ClN2O10. The van der Waals surface area contributed by atoms with E-state index in [0.29, 0.717) is 17.0 Å². The van der Waals surface area contributed by atoms with Gasteiger partial charge in [-0.25, -0.2) is 4.79 Å². The number of carbonyl (C=O) groups excluding carboxylic acids is 2. The summed E-state index contributed by atoms with van der Waals surface area (Å²) in [4.78, 5) is 36.6. The highest BCUT2D eigenvalue weighted by atomic mass is 35.5. The molecule has 42 heavy (non-hydrogen) atoms. The molecule has 0 radical (unpaired) electrons. The van der Waals surface area contributed by atoms with Gasteiger partial charge in [0.2, 0.25) is 11.8 Å². The predicted molar refractivity (Wildman–Crippen MR) is 152 cm³/mol. The van der Waals surface area contributed by atoms with Crippen molar-refractivity contribution in [2.75, 3.05) is 19.8 Å². The number of nitrogens with one attached hydrogen (secondary N) is 2. The third-order valence-electron chi connectivity index (χ3n) is 6.94. The molecule has 0 unspecified atom stereocenters. The Morgan fingerprint density at radius 3 is 2.36 bits per heavy atom. The molecule has 13 heteroatoms. The van der Waals surface area contributed by atoms with Gasteiger partial charge in [-0.1, -0.05) is 49.4 Å². The minimum Gasteiger partial charge on any atom is -0.477 e. The number of rotatable bonds is 18. The molecular weight excluding hydrogens is 572 g/mol. The second-order valence-corrected chi connectivity index (χ2v) is 10.7. The van der Waals surface area contributed by atoms with Crippen LogP contribution in [0.4, 0.5) is 0 Å². The third kappa shape index (κ3) is 11.1. The Hall–Kier alpha value is -2.76.